The second-order valence-electron chi connectivity index (χ2n) is 3.34. The van der Waals surface area contributed by atoms with Crippen molar-refractivity contribution in [1.82, 2.24) is 4.58 Å². The zero-order chi connectivity index (χ0) is 10.1. The van der Waals surface area contributed by atoms with E-state index in [1.165, 1.54) is 3.98 Å². The fourth-order valence-corrected chi connectivity index (χ4v) is 3.96. The molecule has 0 amide bonds. The van der Waals surface area contributed by atoms with Crippen molar-refractivity contribution in [2.24, 2.45) is 0 Å². The molecule has 4 nitrogen and oxygen atoms in total. The van der Waals surface area contributed by atoms with Gasteiger partial charge in [0.1, 0.15) is 26.4 Å². The SMILES string of the molecule is C1C[N+](=c2sc3c(s2)OCCO3)CCO1.[Br-]. The molecule has 7 heteroatoms. The first-order valence-electron chi connectivity index (χ1n) is 4.99. The van der Waals surface area contributed by atoms with E-state index in [9.17, 15) is 0 Å². The maximum absolute atomic E-state index is 5.54. The zero-order valence-corrected chi connectivity index (χ0v) is 11.8. The first kappa shape index (κ1) is 12.3. The standard InChI is InChI=1S/C9H12NO3S2.BrH/c1-3-11-4-2-10(1)9-14-7-8(15-9)13-6-5-12-7;/h1-6H2;1H/q+1;/p-1. The van der Waals surface area contributed by atoms with Crippen LogP contribution in [-0.2, 0) is 4.74 Å². The molecular formula is C9H12BrNO3S2. The lowest BCUT2D eigenvalue weighted by Crippen LogP contribution is -3.00. The Bertz CT molecular complexity index is 394. The van der Waals surface area contributed by atoms with Gasteiger partial charge in [0.25, 0.3) is 0 Å². The van der Waals surface area contributed by atoms with Crippen LogP contribution in [0.4, 0.5) is 0 Å². The van der Waals surface area contributed by atoms with Crippen LogP contribution in [0.1, 0.15) is 0 Å². The second kappa shape index (κ2) is 5.48. The van der Waals surface area contributed by atoms with Crippen LogP contribution in [0.25, 0.3) is 0 Å². The Kier molecular flexibility index (Phi) is 4.23. The van der Waals surface area contributed by atoms with Crippen LogP contribution in [0.5, 0.6) is 10.1 Å². The molecule has 2 aliphatic heterocycles. The van der Waals surface area contributed by atoms with Crippen LogP contribution in [0, 0.1) is 0 Å². The van der Waals surface area contributed by atoms with Crippen LogP contribution < -0.4 is 35.0 Å². The van der Waals surface area contributed by atoms with E-state index in [0.717, 1.165) is 36.4 Å². The molecule has 0 atom stereocenters. The van der Waals surface area contributed by atoms with Gasteiger partial charge in [0.15, 0.2) is 13.1 Å². The summed E-state index contributed by atoms with van der Waals surface area (Å²) >= 11 is 3.37. The summed E-state index contributed by atoms with van der Waals surface area (Å²) in [6.07, 6.45) is 0. The fourth-order valence-electron chi connectivity index (χ4n) is 1.58. The van der Waals surface area contributed by atoms with Crippen LogP contribution in [0.15, 0.2) is 0 Å². The molecule has 0 radical (unpaired) electrons. The lowest BCUT2D eigenvalue weighted by atomic mass is 10.5. The van der Waals surface area contributed by atoms with Gasteiger partial charge in [0, 0.05) is 0 Å². The lowest BCUT2D eigenvalue weighted by molar-refractivity contribution is -0.00000424. The normalized spacial score (nSPS) is 19.1. The van der Waals surface area contributed by atoms with Crippen LogP contribution in [-0.4, -0.2) is 39.5 Å². The van der Waals surface area contributed by atoms with Crippen molar-refractivity contribution in [3.8, 4) is 10.1 Å². The van der Waals surface area contributed by atoms with Gasteiger partial charge in [-0.15, -0.1) is 0 Å². The topological polar surface area (TPSA) is 30.7 Å². The number of halogens is 1. The Labute approximate surface area is 112 Å². The van der Waals surface area contributed by atoms with E-state index in [2.05, 4.69) is 4.58 Å². The third-order valence-corrected chi connectivity index (χ3v) is 4.82. The molecule has 2 aliphatic rings. The third kappa shape index (κ3) is 2.42. The molecule has 0 spiro atoms. The van der Waals surface area contributed by atoms with Crippen LogP contribution in [0.3, 0.4) is 0 Å². The number of ether oxygens (including phenoxy) is 3. The number of nitrogens with zero attached hydrogens (tertiary/aromatic N) is 1. The highest BCUT2D eigenvalue weighted by atomic mass is 79.9. The molecule has 1 aromatic rings. The minimum absolute atomic E-state index is 0. The predicted octanol–water partition coefficient (Wildman–Crippen LogP) is -2.61. The van der Waals surface area contributed by atoms with Gasteiger partial charge in [-0.25, -0.2) is 4.58 Å². The van der Waals surface area contributed by atoms with Crippen molar-refractivity contribution in [1.29, 1.82) is 0 Å². The molecule has 0 bridgehead atoms. The number of hydrogen-bond donors (Lipinski definition) is 0. The highest BCUT2D eigenvalue weighted by Crippen LogP contribution is 2.36. The molecule has 16 heavy (non-hydrogen) atoms. The van der Waals surface area contributed by atoms with Gasteiger partial charge < -0.3 is 31.2 Å². The average molecular weight is 326 g/mol. The highest BCUT2D eigenvalue weighted by Gasteiger charge is 2.21. The number of fused-ring (bicyclic) bond motifs is 1. The van der Waals surface area contributed by atoms with Gasteiger partial charge in [-0.05, 0) is 22.7 Å². The van der Waals surface area contributed by atoms with Crippen molar-refractivity contribution in [3.63, 3.8) is 0 Å². The van der Waals surface area contributed by atoms with Gasteiger partial charge in [0.05, 0.1) is 0 Å². The molecule has 3 rings (SSSR count). The number of hydrogen-bond acceptors (Lipinski definition) is 5. The molecule has 1 aromatic heterocycles. The molecule has 0 aliphatic carbocycles. The van der Waals surface area contributed by atoms with Crippen molar-refractivity contribution in [2.75, 3.05) is 39.5 Å². The molecule has 90 valence electrons. The first-order chi connectivity index (χ1) is 7.43. The van der Waals surface area contributed by atoms with Crippen molar-refractivity contribution in [3.05, 3.63) is 3.98 Å². The van der Waals surface area contributed by atoms with E-state index < -0.39 is 0 Å². The Morgan fingerprint density at radius 3 is 2.00 bits per heavy atom. The van der Waals surface area contributed by atoms with Crippen molar-refractivity contribution < 1.29 is 31.2 Å². The van der Waals surface area contributed by atoms with Gasteiger partial charge in [-0.1, -0.05) is 0 Å². The van der Waals surface area contributed by atoms with Crippen LogP contribution >= 0.6 is 22.7 Å². The highest BCUT2D eigenvalue weighted by molar-refractivity contribution is 7.29. The maximum Gasteiger partial charge on any atom is 0.321 e. The summed E-state index contributed by atoms with van der Waals surface area (Å²) in [5.74, 6) is 0. The van der Waals surface area contributed by atoms with Crippen molar-refractivity contribution in [2.45, 2.75) is 0 Å². The Hall–Kier alpha value is -0.110. The Morgan fingerprint density at radius 2 is 1.44 bits per heavy atom. The summed E-state index contributed by atoms with van der Waals surface area (Å²) in [4.78, 5) is 0. The van der Waals surface area contributed by atoms with E-state index in [0.29, 0.717) is 13.2 Å². The minimum atomic E-state index is 0. The molecule has 0 saturated carbocycles. The first-order valence-corrected chi connectivity index (χ1v) is 6.62. The van der Waals surface area contributed by atoms with E-state index in [1.807, 2.05) is 0 Å². The average Bonchev–Trinajstić information content (AvgIpc) is 2.74. The fraction of sp³-hybridized carbons (Fsp3) is 0.667. The second-order valence-corrected chi connectivity index (χ2v) is 5.52. The number of rotatable bonds is 0. The van der Waals surface area contributed by atoms with Gasteiger partial charge in [-0.3, -0.25) is 0 Å². The van der Waals surface area contributed by atoms with E-state index in [1.54, 1.807) is 22.7 Å². The summed E-state index contributed by atoms with van der Waals surface area (Å²) in [6, 6.07) is 0. The maximum atomic E-state index is 5.54. The van der Waals surface area contributed by atoms with E-state index in [-0.39, 0.29) is 17.0 Å². The quantitative estimate of drug-likeness (QED) is 0.490. The largest absolute Gasteiger partial charge is 1.00 e. The molecule has 0 unspecified atom stereocenters. The van der Waals surface area contributed by atoms with E-state index >= 15 is 0 Å². The summed E-state index contributed by atoms with van der Waals surface area (Å²) in [7, 11) is 0. The molecule has 3 heterocycles. The molecule has 1 fully saturated rings. The minimum Gasteiger partial charge on any atom is -1.00 e. The summed E-state index contributed by atoms with van der Waals surface area (Å²) in [5.41, 5.74) is 0. The molecule has 0 N–H and O–H groups in total. The Balaban J connectivity index is 0.000000963. The molecule has 1 saturated heterocycles. The summed E-state index contributed by atoms with van der Waals surface area (Å²) < 4.78 is 20.0. The van der Waals surface area contributed by atoms with Gasteiger partial charge in [-0.2, -0.15) is 0 Å². The molecule has 0 aromatic carbocycles. The smallest absolute Gasteiger partial charge is 0.321 e. The van der Waals surface area contributed by atoms with Crippen molar-refractivity contribution >= 4 is 22.7 Å². The number of morpholine rings is 1. The predicted molar refractivity (Wildman–Crippen MR) is 59.0 cm³/mol. The molecular weight excluding hydrogens is 314 g/mol. The Morgan fingerprint density at radius 1 is 0.875 bits per heavy atom. The summed E-state index contributed by atoms with van der Waals surface area (Å²) in [6.45, 7) is 4.91. The van der Waals surface area contributed by atoms with Gasteiger partial charge >= 0.3 is 3.98 Å². The monoisotopic (exact) mass is 325 g/mol. The van der Waals surface area contributed by atoms with Crippen LogP contribution in [0.2, 0.25) is 0 Å². The summed E-state index contributed by atoms with van der Waals surface area (Å²) in [5, 5.41) is 1.88. The van der Waals surface area contributed by atoms with Gasteiger partial charge in [0.2, 0.25) is 10.1 Å². The third-order valence-electron chi connectivity index (χ3n) is 2.35. The zero-order valence-electron chi connectivity index (χ0n) is 8.61. The van der Waals surface area contributed by atoms with E-state index in [4.69, 9.17) is 14.2 Å². The lowest BCUT2D eigenvalue weighted by Gasteiger charge is -2.11.